The van der Waals surface area contributed by atoms with E-state index in [9.17, 15) is 19.8 Å². The summed E-state index contributed by atoms with van der Waals surface area (Å²) in [5, 5.41) is 28.0. The Morgan fingerprint density at radius 3 is 1.57 bits per heavy atom. The van der Waals surface area contributed by atoms with E-state index in [0.717, 1.165) is 53.5 Å². The van der Waals surface area contributed by atoms with Gasteiger partial charge in [-0.25, -0.2) is 0 Å². The summed E-state index contributed by atoms with van der Waals surface area (Å²) in [6.45, 7) is 32.3. The molecule has 0 saturated carbocycles. The van der Waals surface area contributed by atoms with Crippen molar-refractivity contribution in [2.45, 2.75) is 152 Å². The highest BCUT2D eigenvalue weighted by Crippen LogP contribution is 2.40. The number of allylic oxidation sites excluding steroid dienone is 4. The zero-order valence-electron chi connectivity index (χ0n) is 32.2. The molecule has 0 heterocycles. The van der Waals surface area contributed by atoms with E-state index in [4.69, 9.17) is 0 Å². The zero-order valence-corrected chi connectivity index (χ0v) is 32.2. The van der Waals surface area contributed by atoms with Crippen LogP contribution in [0.2, 0.25) is 0 Å². The number of carbonyl (C=O) groups excluding carboxylic acids is 2. The van der Waals surface area contributed by atoms with Crippen LogP contribution in [0.25, 0.3) is 0 Å². The number of aliphatic hydroxyl groups is 1. The van der Waals surface area contributed by atoms with Crippen LogP contribution in [0, 0.1) is 10.8 Å². The first-order valence-electron chi connectivity index (χ1n) is 17.6. The molecule has 0 spiro atoms. The van der Waals surface area contributed by atoms with Crippen molar-refractivity contribution < 1.29 is 19.8 Å². The van der Waals surface area contributed by atoms with E-state index in [1.165, 1.54) is 0 Å². The lowest BCUT2D eigenvalue weighted by Gasteiger charge is -2.28. The van der Waals surface area contributed by atoms with Crippen LogP contribution in [-0.2, 0) is 26.8 Å². The number of nitrogens with one attached hydrogen (secondary N) is 2. The molecule has 0 radical (unpaired) electrons. The first-order chi connectivity index (χ1) is 21.4. The number of hydrogen-bond donors (Lipinski definition) is 4. The molecular formula is C41H68N2O4. The van der Waals surface area contributed by atoms with Crippen molar-refractivity contribution in [3.05, 3.63) is 64.0 Å². The van der Waals surface area contributed by atoms with E-state index in [1.807, 2.05) is 45.9 Å². The van der Waals surface area contributed by atoms with Crippen LogP contribution in [0.3, 0.4) is 0 Å². The van der Waals surface area contributed by atoms with E-state index in [-0.39, 0.29) is 39.2 Å². The predicted molar refractivity (Wildman–Crippen MR) is 199 cm³/mol. The quantitative estimate of drug-likeness (QED) is 0.0861. The van der Waals surface area contributed by atoms with Gasteiger partial charge < -0.3 is 20.8 Å². The van der Waals surface area contributed by atoms with Crippen molar-refractivity contribution in [1.82, 2.24) is 10.6 Å². The molecule has 1 rings (SSSR count). The first-order valence-corrected chi connectivity index (χ1v) is 17.6. The third-order valence-electron chi connectivity index (χ3n) is 8.57. The largest absolute Gasteiger partial charge is 0.507 e. The summed E-state index contributed by atoms with van der Waals surface area (Å²) in [5.74, 6) is 0.687. The monoisotopic (exact) mass is 653 g/mol. The highest BCUT2D eigenvalue weighted by atomic mass is 16.3. The number of phenolic OH excluding ortho intramolecular Hbond substituents is 1. The van der Waals surface area contributed by atoms with Gasteiger partial charge in [0, 0.05) is 25.9 Å². The van der Waals surface area contributed by atoms with E-state index < -0.39 is 0 Å². The van der Waals surface area contributed by atoms with Crippen LogP contribution in [0.1, 0.15) is 152 Å². The molecule has 2 amide bonds. The molecule has 6 heteroatoms. The number of rotatable bonds is 15. The van der Waals surface area contributed by atoms with Crippen LogP contribution >= 0.6 is 0 Å². The minimum absolute atomic E-state index is 0.0347. The summed E-state index contributed by atoms with van der Waals surface area (Å²) in [6.07, 6.45) is 7.89. The molecule has 1 aromatic carbocycles. The molecule has 0 fully saturated rings. The SMILES string of the molecule is C=C(/C(O)=C(\C=C(/C)CCC(=O)NCCCCCCNC(=O)CCc1cc(C(C)(C)C)c(O)c(C(C)(C)C)c1)C(C)(C)C)C(C)(C)C. The number of benzene rings is 1. The number of phenols is 1. The fourth-order valence-corrected chi connectivity index (χ4v) is 5.26. The Kier molecular flexibility index (Phi) is 15.5. The van der Waals surface area contributed by atoms with Crippen molar-refractivity contribution in [1.29, 1.82) is 0 Å². The molecule has 0 bridgehead atoms. The number of carbonyl (C=O) groups is 2. The first kappa shape index (κ1) is 42.0. The fraction of sp³-hybridized carbons (Fsp3) is 0.659. The summed E-state index contributed by atoms with van der Waals surface area (Å²) in [7, 11) is 0. The topological polar surface area (TPSA) is 98.7 Å². The number of aliphatic hydroxyl groups excluding tert-OH is 1. The number of aryl methyl sites for hydroxylation is 1. The molecule has 266 valence electrons. The second kappa shape index (κ2) is 17.4. The van der Waals surface area contributed by atoms with Crippen molar-refractivity contribution >= 4 is 11.8 Å². The molecule has 0 unspecified atom stereocenters. The Balaban J connectivity index is 2.43. The minimum Gasteiger partial charge on any atom is -0.507 e. The van der Waals surface area contributed by atoms with E-state index in [0.29, 0.717) is 50.1 Å². The van der Waals surface area contributed by atoms with Crippen LogP contribution in [0.5, 0.6) is 5.75 Å². The molecule has 47 heavy (non-hydrogen) atoms. The lowest BCUT2D eigenvalue weighted by molar-refractivity contribution is -0.121. The maximum absolute atomic E-state index is 12.5. The van der Waals surface area contributed by atoms with Crippen LogP contribution in [0.15, 0.2) is 47.3 Å². The van der Waals surface area contributed by atoms with E-state index >= 15 is 0 Å². The molecule has 1 aromatic rings. The second-order valence-corrected chi connectivity index (χ2v) is 17.4. The Hall–Kier alpha value is -3.02. The van der Waals surface area contributed by atoms with Gasteiger partial charge >= 0.3 is 0 Å². The van der Waals surface area contributed by atoms with E-state index in [1.54, 1.807) is 0 Å². The molecule has 4 N–H and O–H groups in total. The van der Waals surface area contributed by atoms with Gasteiger partial charge in [-0.1, -0.05) is 126 Å². The van der Waals surface area contributed by atoms with Crippen molar-refractivity contribution in [3.63, 3.8) is 0 Å². The number of amides is 2. The summed E-state index contributed by atoms with van der Waals surface area (Å²) in [5.41, 5.74) is 4.64. The number of aromatic hydroxyl groups is 1. The second-order valence-electron chi connectivity index (χ2n) is 17.4. The molecular weight excluding hydrogens is 584 g/mol. The maximum atomic E-state index is 12.5. The minimum atomic E-state index is -0.259. The van der Waals surface area contributed by atoms with Crippen molar-refractivity contribution in [3.8, 4) is 5.75 Å². The smallest absolute Gasteiger partial charge is 0.220 e. The van der Waals surface area contributed by atoms with Gasteiger partial charge in [-0.2, -0.15) is 0 Å². The van der Waals surface area contributed by atoms with Gasteiger partial charge in [-0.05, 0) is 82.1 Å². The molecule has 0 aliphatic rings. The summed E-state index contributed by atoms with van der Waals surface area (Å²) in [6, 6.07) is 4.10. The van der Waals surface area contributed by atoms with Gasteiger partial charge in [0.2, 0.25) is 11.8 Å². The van der Waals surface area contributed by atoms with Gasteiger partial charge in [0.1, 0.15) is 11.5 Å². The Bertz CT molecular complexity index is 1250. The van der Waals surface area contributed by atoms with Gasteiger partial charge in [0.05, 0.1) is 0 Å². The summed E-state index contributed by atoms with van der Waals surface area (Å²) >= 11 is 0. The van der Waals surface area contributed by atoms with Crippen LogP contribution in [0.4, 0.5) is 0 Å². The molecule has 6 nitrogen and oxygen atoms in total. The summed E-state index contributed by atoms with van der Waals surface area (Å²) < 4.78 is 0. The highest BCUT2D eigenvalue weighted by molar-refractivity contribution is 5.76. The van der Waals surface area contributed by atoms with Crippen LogP contribution in [-0.4, -0.2) is 35.1 Å². The van der Waals surface area contributed by atoms with Crippen LogP contribution < -0.4 is 10.6 Å². The van der Waals surface area contributed by atoms with Crippen molar-refractivity contribution in [2.24, 2.45) is 10.8 Å². The maximum Gasteiger partial charge on any atom is 0.220 e. The molecule has 0 aromatic heterocycles. The molecule has 0 aliphatic carbocycles. The van der Waals surface area contributed by atoms with E-state index in [2.05, 4.69) is 79.5 Å². The predicted octanol–water partition coefficient (Wildman–Crippen LogP) is 9.90. The number of hydrogen-bond acceptors (Lipinski definition) is 4. The lowest BCUT2D eigenvalue weighted by atomic mass is 9.78. The average Bonchev–Trinajstić information content (AvgIpc) is 2.92. The Morgan fingerprint density at radius 2 is 1.17 bits per heavy atom. The standard InChI is InChI=1S/C41H68N2O4/c1-28(25-31(39(6,7)8)36(46)29(2)38(3,4)5)19-21-34(44)42-23-17-15-16-18-24-43-35(45)22-20-30-26-32(40(9,10)11)37(47)33(27-30)41(12,13)14/h25-27,46-47H,2,15-24H2,1,3-14H3,(H,42,44)(H,43,45)/b28-25+,36-31-. The third-order valence-corrected chi connectivity index (χ3v) is 8.57. The summed E-state index contributed by atoms with van der Waals surface area (Å²) in [4.78, 5) is 25.0. The Morgan fingerprint density at radius 1 is 0.723 bits per heavy atom. The lowest BCUT2D eigenvalue weighted by Crippen LogP contribution is -2.25. The average molecular weight is 653 g/mol. The third kappa shape index (κ3) is 14.7. The fourth-order valence-electron chi connectivity index (χ4n) is 5.26. The van der Waals surface area contributed by atoms with Gasteiger partial charge in [-0.15, -0.1) is 0 Å². The molecule has 0 atom stereocenters. The van der Waals surface area contributed by atoms with Crippen molar-refractivity contribution in [2.75, 3.05) is 13.1 Å². The van der Waals surface area contributed by atoms with Gasteiger partial charge in [-0.3, -0.25) is 9.59 Å². The van der Waals surface area contributed by atoms with Gasteiger partial charge in [0.15, 0.2) is 0 Å². The Labute approximate surface area is 287 Å². The molecule has 0 saturated heterocycles. The normalized spacial score (nSPS) is 13.7. The number of unbranched alkanes of at least 4 members (excludes halogenated alkanes) is 3. The van der Waals surface area contributed by atoms with Gasteiger partial charge in [0.25, 0.3) is 0 Å². The highest BCUT2D eigenvalue weighted by Gasteiger charge is 2.27. The molecule has 0 aliphatic heterocycles. The zero-order chi connectivity index (χ0) is 36.4.